The lowest BCUT2D eigenvalue weighted by Crippen LogP contribution is -2.36. The van der Waals surface area contributed by atoms with Crippen molar-refractivity contribution in [3.63, 3.8) is 0 Å². The van der Waals surface area contributed by atoms with E-state index in [0.717, 1.165) is 13.1 Å². The zero-order chi connectivity index (χ0) is 13.8. The van der Waals surface area contributed by atoms with E-state index in [2.05, 4.69) is 78.6 Å². The van der Waals surface area contributed by atoms with Gasteiger partial charge in [-0.15, -0.1) is 0 Å². The maximum atomic E-state index is 2.54. The van der Waals surface area contributed by atoms with Gasteiger partial charge in [-0.05, 0) is 30.0 Å². The Kier molecular flexibility index (Phi) is 3.98. The molecule has 0 saturated heterocycles. The van der Waals surface area contributed by atoms with E-state index in [0.29, 0.717) is 6.04 Å². The first kappa shape index (κ1) is 13.1. The normalized spacial score (nSPS) is 17.1. The Morgan fingerprint density at radius 3 is 2.45 bits per heavy atom. The van der Waals surface area contributed by atoms with Gasteiger partial charge in [0.2, 0.25) is 0 Å². The predicted octanol–water partition coefficient (Wildman–Crippen LogP) is 4.15. The van der Waals surface area contributed by atoms with Crippen molar-refractivity contribution in [2.75, 3.05) is 6.54 Å². The zero-order valence-corrected chi connectivity index (χ0v) is 12.0. The van der Waals surface area contributed by atoms with E-state index in [1.165, 1.54) is 23.1 Å². The highest BCUT2D eigenvalue weighted by molar-refractivity contribution is 5.49. The van der Waals surface area contributed by atoms with Crippen molar-refractivity contribution in [1.82, 2.24) is 4.90 Å². The summed E-state index contributed by atoms with van der Waals surface area (Å²) in [5.74, 6) is 0. The molecule has 1 atom stereocenters. The number of hydrogen-bond acceptors (Lipinski definition) is 1. The van der Waals surface area contributed by atoms with E-state index in [4.69, 9.17) is 0 Å². The summed E-state index contributed by atoms with van der Waals surface area (Å²) in [6, 6.07) is 19.8. The molecule has 1 aliphatic rings. The van der Waals surface area contributed by atoms with Crippen molar-refractivity contribution in [3.8, 4) is 0 Å². The van der Waals surface area contributed by atoms with E-state index in [1.807, 2.05) is 0 Å². The van der Waals surface area contributed by atoms with Gasteiger partial charge in [-0.2, -0.15) is 0 Å². The molecule has 0 aromatic heterocycles. The van der Waals surface area contributed by atoms with Crippen LogP contribution in [-0.2, 0) is 13.0 Å². The molecule has 102 valence electrons. The lowest BCUT2D eigenvalue weighted by Gasteiger charge is -2.32. The molecule has 1 heterocycles. The molecule has 0 radical (unpaired) electrons. The fourth-order valence-electron chi connectivity index (χ4n) is 2.80. The molecule has 1 heteroatoms. The van der Waals surface area contributed by atoms with E-state index in [1.54, 1.807) is 0 Å². The minimum atomic E-state index is 0.476. The quantitative estimate of drug-likeness (QED) is 0.804. The Morgan fingerprint density at radius 2 is 1.65 bits per heavy atom. The van der Waals surface area contributed by atoms with Crippen molar-refractivity contribution >= 4 is 6.08 Å². The van der Waals surface area contributed by atoms with Gasteiger partial charge in [0.1, 0.15) is 0 Å². The Labute approximate surface area is 121 Å². The van der Waals surface area contributed by atoms with Gasteiger partial charge in [-0.25, -0.2) is 0 Å². The lowest BCUT2D eigenvalue weighted by molar-refractivity contribution is 0.222. The van der Waals surface area contributed by atoms with Gasteiger partial charge in [0.05, 0.1) is 0 Å². The molecule has 1 aliphatic heterocycles. The van der Waals surface area contributed by atoms with Crippen LogP contribution in [0, 0.1) is 0 Å². The van der Waals surface area contributed by atoms with Gasteiger partial charge >= 0.3 is 0 Å². The van der Waals surface area contributed by atoms with Crippen molar-refractivity contribution in [3.05, 3.63) is 77.4 Å². The van der Waals surface area contributed by atoms with Crippen LogP contribution in [0.25, 0.3) is 6.08 Å². The smallest absolute Gasteiger partial charge is 0.0256 e. The standard InChI is InChI=1S/C19H21N/c1-16(11-12-17-7-3-2-4-8-17)20-14-13-18-9-5-6-10-19(18)15-20/h2-12,16H,13-15H2,1H3/b12-11+/t16-/m0/s1. The third-order valence-electron chi connectivity index (χ3n) is 4.10. The first-order valence-electron chi connectivity index (χ1n) is 7.37. The minimum absolute atomic E-state index is 0.476. The molecule has 0 amide bonds. The summed E-state index contributed by atoms with van der Waals surface area (Å²) in [6.07, 6.45) is 5.70. The molecular formula is C19H21N. The van der Waals surface area contributed by atoms with Crippen LogP contribution >= 0.6 is 0 Å². The third-order valence-corrected chi connectivity index (χ3v) is 4.10. The van der Waals surface area contributed by atoms with Gasteiger partial charge < -0.3 is 0 Å². The van der Waals surface area contributed by atoms with Crippen LogP contribution in [0.2, 0.25) is 0 Å². The minimum Gasteiger partial charge on any atom is -0.293 e. The van der Waals surface area contributed by atoms with E-state index in [-0.39, 0.29) is 0 Å². The van der Waals surface area contributed by atoms with E-state index < -0.39 is 0 Å². The molecule has 0 fully saturated rings. The summed E-state index contributed by atoms with van der Waals surface area (Å²) in [4.78, 5) is 2.54. The van der Waals surface area contributed by atoms with Crippen LogP contribution in [0.1, 0.15) is 23.6 Å². The van der Waals surface area contributed by atoms with Gasteiger partial charge in [-0.1, -0.05) is 66.7 Å². The second-order valence-corrected chi connectivity index (χ2v) is 5.50. The summed E-state index contributed by atoms with van der Waals surface area (Å²) < 4.78 is 0. The second kappa shape index (κ2) is 6.06. The Bertz CT molecular complexity index is 586. The van der Waals surface area contributed by atoms with Gasteiger partial charge in [0.25, 0.3) is 0 Å². The van der Waals surface area contributed by atoms with Crippen LogP contribution in [-0.4, -0.2) is 17.5 Å². The highest BCUT2D eigenvalue weighted by Crippen LogP contribution is 2.20. The number of fused-ring (bicyclic) bond motifs is 1. The predicted molar refractivity (Wildman–Crippen MR) is 85.5 cm³/mol. The fraction of sp³-hybridized carbons (Fsp3) is 0.263. The molecule has 0 unspecified atom stereocenters. The number of rotatable bonds is 3. The Balaban J connectivity index is 1.67. The topological polar surface area (TPSA) is 3.24 Å². The molecule has 0 saturated carbocycles. The van der Waals surface area contributed by atoms with Crippen LogP contribution < -0.4 is 0 Å². The van der Waals surface area contributed by atoms with E-state index >= 15 is 0 Å². The summed E-state index contributed by atoms with van der Waals surface area (Å²) >= 11 is 0. The third kappa shape index (κ3) is 3.00. The highest BCUT2D eigenvalue weighted by atomic mass is 15.1. The average Bonchev–Trinajstić information content (AvgIpc) is 2.53. The van der Waals surface area contributed by atoms with E-state index in [9.17, 15) is 0 Å². The molecule has 0 N–H and O–H groups in total. The van der Waals surface area contributed by atoms with Crippen molar-refractivity contribution in [2.24, 2.45) is 0 Å². The van der Waals surface area contributed by atoms with Gasteiger partial charge in [0, 0.05) is 19.1 Å². The molecule has 1 nitrogen and oxygen atoms in total. The highest BCUT2D eigenvalue weighted by Gasteiger charge is 2.18. The molecule has 0 spiro atoms. The number of benzene rings is 2. The molecule has 0 aliphatic carbocycles. The zero-order valence-electron chi connectivity index (χ0n) is 12.0. The summed E-state index contributed by atoms with van der Waals surface area (Å²) in [7, 11) is 0. The Morgan fingerprint density at radius 1 is 0.950 bits per heavy atom. The molecule has 0 bridgehead atoms. The fourth-order valence-corrected chi connectivity index (χ4v) is 2.80. The molecule has 2 aromatic carbocycles. The number of nitrogens with zero attached hydrogens (tertiary/aromatic N) is 1. The summed E-state index contributed by atoms with van der Waals surface area (Å²) in [5.41, 5.74) is 4.28. The molecule has 2 aromatic rings. The number of hydrogen-bond donors (Lipinski definition) is 0. The molecular weight excluding hydrogens is 242 g/mol. The second-order valence-electron chi connectivity index (χ2n) is 5.50. The first-order chi connectivity index (χ1) is 9.83. The van der Waals surface area contributed by atoms with Crippen LogP contribution in [0.5, 0.6) is 0 Å². The van der Waals surface area contributed by atoms with Crippen molar-refractivity contribution < 1.29 is 0 Å². The largest absolute Gasteiger partial charge is 0.293 e. The first-order valence-corrected chi connectivity index (χ1v) is 7.37. The van der Waals surface area contributed by atoms with Crippen molar-refractivity contribution in [2.45, 2.75) is 25.9 Å². The van der Waals surface area contributed by atoms with Crippen molar-refractivity contribution in [1.29, 1.82) is 0 Å². The average molecular weight is 263 g/mol. The summed E-state index contributed by atoms with van der Waals surface area (Å²) in [5, 5.41) is 0. The monoisotopic (exact) mass is 263 g/mol. The maximum absolute atomic E-state index is 2.54. The van der Waals surface area contributed by atoms with Crippen LogP contribution in [0.3, 0.4) is 0 Å². The SMILES string of the molecule is C[C@@H](/C=C/c1ccccc1)N1CCc2ccccc2C1. The Hall–Kier alpha value is -1.86. The summed E-state index contributed by atoms with van der Waals surface area (Å²) in [6.45, 7) is 4.50. The molecule has 20 heavy (non-hydrogen) atoms. The van der Waals surface area contributed by atoms with Gasteiger partial charge in [0.15, 0.2) is 0 Å². The molecule has 3 rings (SSSR count). The lowest BCUT2D eigenvalue weighted by atomic mass is 9.98. The van der Waals surface area contributed by atoms with Crippen LogP contribution in [0.4, 0.5) is 0 Å². The maximum Gasteiger partial charge on any atom is 0.0256 e. The van der Waals surface area contributed by atoms with Crippen LogP contribution in [0.15, 0.2) is 60.7 Å². The van der Waals surface area contributed by atoms with Gasteiger partial charge in [-0.3, -0.25) is 4.90 Å².